The number of hydrogen-bond donors (Lipinski definition) is 0. The van der Waals surface area contributed by atoms with Crippen molar-refractivity contribution in [3.05, 3.63) is 82.5 Å². The van der Waals surface area contributed by atoms with Crippen LogP contribution in [0.15, 0.2) is 70.7 Å². The molecule has 1 aliphatic heterocycles. The van der Waals surface area contributed by atoms with E-state index in [0.29, 0.717) is 11.7 Å². The first-order chi connectivity index (χ1) is 13.1. The fourth-order valence-corrected chi connectivity index (χ4v) is 5.12. The third kappa shape index (κ3) is 2.50. The minimum atomic E-state index is -1.22. The molecule has 1 aliphatic rings. The number of nitrogens with zero attached hydrogens (tertiary/aromatic N) is 3. The molecule has 5 rings (SSSR count). The lowest BCUT2D eigenvalue weighted by Crippen LogP contribution is -1.98. The summed E-state index contributed by atoms with van der Waals surface area (Å²) < 4.78 is 17.3. The zero-order chi connectivity index (χ0) is 18.5. The second-order valence-electron chi connectivity index (χ2n) is 6.85. The van der Waals surface area contributed by atoms with Crippen molar-refractivity contribution in [3.63, 3.8) is 0 Å². The summed E-state index contributed by atoms with van der Waals surface area (Å²) in [5.41, 5.74) is 6.51. The highest BCUT2D eigenvalue weighted by Crippen LogP contribution is 2.32. The van der Waals surface area contributed by atoms with Gasteiger partial charge in [0.15, 0.2) is 0 Å². The van der Waals surface area contributed by atoms with E-state index in [2.05, 4.69) is 52.2 Å². The Bertz CT molecular complexity index is 1230. The molecule has 0 amide bonds. The maximum atomic E-state index is 13.0. The molecule has 0 fully saturated rings. The van der Waals surface area contributed by atoms with Crippen LogP contribution in [-0.2, 0) is 17.3 Å². The normalized spacial score (nSPS) is 17.7. The zero-order valence-electron chi connectivity index (χ0n) is 15.2. The van der Waals surface area contributed by atoms with Gasteiger partial charge in [0, 0.05) is 22.0 Å². The average Bonchev–Trinajstić information content (AvgIpc) is 3.28. The van der Waals surface area contributed by atoms with Gasteiger partial charge in [-0.3, -0.25) is 0 Å². The number of imidazole rings is 1. The zero-order valence-corrected chi connectivity index (χ0v) is 16.0. The van der Waals surface area contributed by atoms with Crippen molar-refractivity contribution in [2.24, 2.45) is 0 Å². The standard InChI is InChI=1S/C22H19N3OS/c1-15-12-17(16(2)25(15)18-8-4-3-5-9-18)13-19-14-24-21-11-7-6-10-20(21)23-22(24)27(19)26/h3-13H,14H2,1-2H3/b19-13+. The molecule has 0 radical (unpaired) electrons. The van der Waals surface area contributed by atoms with Crippen molar-refractivity contribution in [1.82, 2.24) is 14.1 Å². The van der Waals surface area contributed by atoms with E-state index < -0.39 is 10.8 Å². The minimum Gasteiger partial charge on any atom is -0.318 e. The van der Waals surface area contributed by atoms with Crippen molar-refractivity contribution in [3.8, 4) is 5.69 Å². The third-order valence-electron chi connectivity index (χ3n) is 5.14. The van der Waals surface area contributed by atoms with Crippen LogP contribution in [0.4, 0.5) is 0 Å². The predicted octanol–water partition coefficient (Wildman–Crippen LogP) is 4.61. The molecular formula is C22H19N3OS. The summed E-state index contributed by atoms with van der Waals surface area (Å²) in [4.78, 5) is 5.48. The largest absolute Gasteiger partial charge is 0.318 e. The number of hydrogen-bond acceptors (Lipinski definition) is 2. The number of aryl methyl sites for hydroxylation is 1. The number of allylic oxidation sites excluding steroid dienone is 1. The maximum Gasteiger partial charge on any atom is 0.205 e. The molecular weight excluding hydrogens is 354 g/mol. The van der Waals surface area contributed by atoms with Crippen molar-refractivity contribution >= 4 is 27.9 Å². The maximum absolute atomic E-state index is 13.0. The summed E-state index contributed by atoms with van der Waals surface area (Å²) in [7, 11) is -1.22. The molecule has 0 bridgehead atoms. The Labute approximate surface area is 160 Å². The van der Waals surface area contributed by atoms with Crippen molar-refractivity contribution in [1.29, 1.82) is 0 Å². The van der Waals surface area contributed by atoms with Crippen molar-refractivity contribution in [2.45, 2.75) is 25.5 Å². The summed E-state index contributed by atoms with van der Waals surface area (Å²) in [5, 5.41) is 0.652. The molecule has 27 heavy (non-hydrogen) atoms. The predicted molar refractivity (Wildman–Crippen MR) is 109 cm³/mol. The highest BCUT2D eigenvalue weighted by Gasteiger charge is 2.27. The summed E-state index contributed by atoms with van der Waals surface area (Å²) in [5.74, 6) is 0. The Morgan fingerprint density at radius 3 is 2.59 bits per heavy atom. The molecule has 0 saturated heterocycles. The number of para-hydroxylation sites is 3. The molecule has 4 aromatic rings. The monoisotopic (exact) mass is 373 g/mol. The molecule has 2 aromatic carbocycles. The van der Waals surface area contributed by atoms with Gasteiger partial charge in [-0.1, -0.05) is 30.3 Å². The van der Waals surface area contributed by atoms with Crippen LogP contribution in [-0.4, -0.2) is 18.3 Å². The average molecular weight is 373 g/mol. The highest BCUT2D eigenvalue weighted by atomic mass is 32.2. The van der Waals surface area contributed by atoms with E-state index in [1.807, 2.05) is 42.5 Å². The molecule has 4 nitrogen and oxygen atoms in total. The first-order valence-corrected chi connectivity index (χ1v) is 10.1. The summed E-state index contributed by atoms with van der Waals surface area (Å²) in [6.07, 6.45) is 2.07. The molecule has 3 heterocycles. The molecule has 5 heteroatoms. The summed E-state index contributed by atoms with van der Waals surface area (Å²) in [6.45, 7) is 4.84. The van der Waals surface area contributed by atoms with Gasteiger partial charge in [-0.25, -0.2) is 9.19 Å². The van der Waals surface area contributed by atoms with E-state index in [4.69, 9.17) is 0 Å². The quantitative estimate of drug-likeness (QED) is 0.515. The highest BCUT2D eigenvalue weighted by molar-refractivity contribution is 7.89. The SMILES string of the molecule is Cc1cc(/C=C2\Cn3c(nc4ccccc43)S2=O)c(C)n1-c1ccccc1. The molecule has 1 unspecified atom stereocenters. The third-order valence-corrected chi connectivity index (χ3v) is 6.51. The lowest BCUT2D eigenvalue weighted by atomic mass is 10.2. The van der Waals surface area contributed by atoms with Crippen LogP contribution in [0.1, 0.15) is 17.0 Å². The smallest absolute Gasteiger partial charge is 0.205 e. The molecule has 0 N–H and O–H groups in total. The molecule has 1 atom stereocenters. The second kappa shape index (κ2) is 6.06. The van der Waals surface area contributed by atoms with E-state index >= 15 is 0 Å². The fraction of sp³-hybridized carbons (Fsp3) is 0.136. The molecule has 0 saturated carbocycles. The lowest BCUT2D eigenvalue weighted by Gasteiger charge is -2.09. The van der Waals surface area contributed by atoms with Gasteiger partial charge in [-0.05, 0) is 55.8 Å². The fourth-order valence-electron chi connectivity index (χ4n) is 3.86. The van der Waals surface area contributed by atoms with Gasteiger partial charge in [0.1, 0.15) is 10.8 Å². The van der Waals surface area contributed by atoms with Crippen LogP contribution >= 0.6 is 0 Å². The van der Waals surface area contributed by atoms with Gasteiger partial charge in [0.2, 0.25) is 5.16 Å². The lowest BCUT2D eigenvalue weighted by molar-refractivity contribution is 0.681. The summed E-state index contributed by atoms with van der Waals surface area (Å²) in [6, 6.07) is 20.4. The van der Waals surface area contributed by atoms with Crippen LogP contribution in [0.5, 0.6) is 0 Å². The molecule has 2 aromatic heterocycles. The van der Waals surface area contributed by atoms with E-state index in [-0.39, 0.29) is 0 Å². The minimum absolute atomic E-state index is 0.622. The Morgan fingerprint density at radius 2 is 1.78 bits per heavy atom. The first-order valence-electron chi connectivity index (χ1n) is 8.95. The van der Waals surface area contributed by atoms with Gasteiger partial charge >= 0.3 is 0 Å². The Morgan fingerprint density at radius 1 is 1.04 bits per heavy atom. The Kier molecular flexibility index (Phi) is 3.65. The van der Waals surface area contributed by atoms with Gasteiger partial charge < -0.3 is 9.13 Å². The van der Waals surface area contributed by atoms with Crippen molar-refractivity contribution < 1.29 is 4.21 Å². The van der Waals surface area contributed by atoms with Crippen molar-refractivity contribution in [2.75, 3.05) is 0 Å². The van der Waals surface area contributed by atoms with Gasteiger partial charge in [-0.15, -0.1) is 0 Å². The van der Waals surface area contributed by atoms with E-state index in [1.54, 1.807) is 0 Å². The van der Waals surface area contributed by atoms with Crippen LogP contribution in [0.25, 0.3) is 22.8 Å². The van der Waals surface area contributed by atoms with Gasteiger partial charge in [0.25, 0.3) is 0 Å². The number of aromatic nitrogens is 3. The number of benzene rings is 2. The van der Waals surface area contributed by atoms with Crippen LogP contribution < -0.4 is 0 Å². The van der Waals surface area contributed by atoms with E-state index in [1.165, 1.54) is 0 Å². The van der Waals surface area contributed by atoms with Gasteiger partial charge in [0.05, 0.1) is 17.6 Å². The molecule has 0 aliphatic carbocycles. The second-order valence-corrected chi connectivity index (χ2v) is 8.27. The topological polar surface area (TPSA) is 39.8 Å². The van der Waals surface area contributed by atoms with Crippen LogP contribution in [0.3, 0.4) is 0 Å². The molecule has 134 valence electrons. The first kappa shape index (κ1) is 16.3. The Balaban J connectivity index is 1.57. The number of rotatable bonds is 2. The van der Waals surface area contributed by atoms with Crippen LogP contribution in [0.2, 0.25) is 0 Å². The van der Waals surface area contributed by atoms with E-state index in [9.17, 15) is 4.21 Å². The summed E-state index contributed by atoms with van der Waals surface area (Å²) >= 11 is 0. The number of fused-ring (bicyclic) bond motifs is 3. The Hall–Kier alpha value is -2.92. The molecule has 0 spiro atoms. The van der Waals surface area contributed by atoms with Gasteiger partial charge in [-0.2, -0.15) is 0 Å². The van der Waals surface area contributed by atoms with Crippen LogP contribution in [0, 0.1) is 13.8 Å². The van der Waals surface area contributed by atoms with E-state index in [0.717, 1.165) is 38.6 Å².